The number of rotatable bonds is 13. The lowest BCUT2D eigenvalue weighted by Crippen LogP contribution is -2.54. The molecule has 0 aromatic carbocycles. The summed E-state index contributed by atoms with van der Waals surface area (Å²) in [7, 11) is -4.41. The summed E-state index contributed by atoms with van der Waals surface area (Å²) in [4.78, 5) is 32.9. The Labute approximate surface area is 247 Å². The molecule has 0 aromatic heterocycles. The lowest BCUT2D eigenvalue weighted by molar-refractivity contribution is -0.140. The van der Waals surface area contributed by atoms with Crippen molar-refractivity contribution in [3.05, 3.63) is 0 Å². The van der Waals surface area contributed by atoms with Crippen LogP contribution < -0.4 is 5.09 Å². The number of nitrogens with one attached hydrogen (secondary N) is 1. The van der Waals surface area contributed by atoms with Crippen LogP contribution in [0.2, 0.25) is 0 Å². The first-order valence-corrected chi connectivity index (χ1v) is 18.0. The van der Waals surface area contributed by atoms with Crippen molar-refractivity contribution >= 4 is 19.7 Å². The van der Waals surface area contributed by atoms with Gasteiger partial charge in [0.2, 0.25) is 0 Å². The van der Waals surface area contributed by atoms with E-state index < -0.39 is 38.3 Å². The monoisotopic (exact) mass is 597 g/mol. The smallest absolute Gasteiger partial charge is 0.403 e. The molecule has 0 amide bonds. The molecule has 0 bridgehead atoms. The molecule has 0 radical (unpaired) electrons. The lowest BCUT2D eigenvalue weighted by Gasteiger charge is -2.61. The Morgan fingerprint density at radius 2 is 1.61 bits per heavy atom. The molecule has 4 fully saturated rings. The van der Waals surface area contributed by atoms with E-state index in [0.717, 1.165) is 48.9 Å². The maximum absolute atomic E-state index is 12.9. The molecule has 236 valence electrons. The van der Waals surface area contributed by atoms with E-state index in [1.54, 1.807) is 0 Å². The van der Waals surface area contributed by atoms with Crippen molar-refractivity contribution in [1.29, 1.82) is 0 Å². The predicted molar refractivity (Wildman–Crippen MR) is 159 cm³/mol. The van der Waals surface area contributed by atoms with Crippen LogP contribution in [0, 0.1) is 52.3 Å². The van der Waals surface area contributed by atoms with Gasteiger partial charge >= 0.3 is 19.7 Å². The second kappa shape index (κ2) is 13.0. The molecule has 4 aliphatic carbocycles. The van der Waals surface area contributed by atoms with Crippen molar-refractivity contribution < 1.29 is 33.8 Å². The van der Waals surface area contributed by atoms with Gasteiger partial charge in [-0.25, -0.2) is 9.65 Å². The Kier molecular flexibility index (Phi) is 10.4. The van der Waals surface area contributed by atoms with Crippen LogP contribution in [0.3, 0.4) is 0 Å². The number of hydrogen-bond acceptors (Lipinski definition) is 4. The van der Waals surface area contributed by atoms with Crippen molar-refractivity contribution in [2.45, 2.75) is 137 Å². The summed E-state index contributed by atoms with van der Waals surface area (Å²) in [6.45, 7) is 12.3. The van der Waals surface area contributed by atoms with E-state index in [-0.39, 0.29) is 11.8 Å². The van der Waals surface area contributed by atoms with E-state index in [9.17, 15) is 24.2 Å². The van der Waals surface area contributed by atoms with Crippen LogP contribution in [0.1, 0.15) is 125 Å². The van der Waals surface area contributed by atoms with Crippen molar-refractivity contribution in [2.24, 2.45) is 52.3 Å². The Morgan fingerprint density at radius 1 is 0.927 bits per heavy atom. The van der Waals surface area contributed by atoms with Gasteiger partial charge in [-0.15, -0.1) is 0 Å². The minimum atomic E-state index is -4.41. The second-order valence-corrected chi connectivity index (χ2v) is 16.7. The SMILES string of the molecule is CC(C)CCCC(C)C1CCC2C3CCC4C[C@@H](OP(=O)(O)N[C@@H](CCC(=O)O)C(=O)O)CC[C@]4(C)C3CC[C@]12C. The van der Waals surface area contributed by atoms with Crippen LogP contribution in [-0.4, -0.2) is 39.2 Å². The van der Waals surface area contributed by atoms with Crippen LogP contribution in [-0.2, 0) is 18.7 Å². The highest BCUT2D eigenvalue weighted by molar-refractivity contribution is 7.50. The van der Waals surface area contributed by atoms with Gasteiger partial charge in [0.1, 0.15) is 6.04 Å². The number of carboxylic acids is 2. The zero-order chi connectivity index (χ0) is 30.2. The Balaban J connectivity index is 1.36. The van der Waals surface area contributed by atoms with E-state index >= 15 is 0 Å². The lowest BCUT2D eigenvalue weighted by atomic mass is 9.44. The summed E-state index contributed by atoms with van der Waals surface area (Å²) in [6, 6.07) is -1.45. The van der Waals surface area contributed by atoms with Crippen molar-refractivity contribution in [1.82, 2.24) is 5.09 Å². The largest absolute Gasteiger partial charge is 0.481 e. The molecular formula is C32H56NO7P. The summed E-state index contributed by atoms with van der Waals surface area (Å²) < 4.78 is 18.5. The number of fused-ring (bicyclic) bond motifs is 5. The van der Waals surface area contributed by atoms with Crippen LogP contribution >= 0.6 is 7.75 Å². The molecule has 0 saturated heterocycles. The molecule has 11 atom stereocenters. The van der Waals surface area contributed by atoms with Gasteiger partial charge in [0.25, 0.3) is 0 Å². The fraction of sp³-hybridized carbons (Fsp3) is 0.938. The molecular weight excluding hydrogens is 541 g/mol. The van der Waals surface area contributed by atoms with E-state index in [0.29, 0.717) is 23.7 Å². The molecule has 0 aromatic rings. The third-order valence-corrected chi connectivity index (χ3v) is 13.6. The molecule has 4 N–H and O–H groups in total. The maximum atomic E-state index is 12.9. The Bertz CT molecular complexity index is 989. The molecule has 0 aliphatic heterocycles. The van der Waals surface area contributed by atoms with Crippen LogP contribution in [0.15, 0.2) is 0 Å². The van der Waals surface area contributed by atoms with Gasteiger partial charge in [0, 0.05) is 6.42 Å². The molecule has 4 saturated carbocycles. The number of carbonyl (C=O) groups is 2. The minimum absolute atomic E-state index is 0.211. The van der Waals surface area contributed by atoms with Crippen LogP contribution in [0.4, 0.5) is 0 Å². The Hall–Kier alpha value is -0.950. The first-order valence-electron chi connectivity index (χ1n) is 16.4. The molecule has 0 heterocycles. The second-order valence-electron chi connectivity index (χ2n) is 15.2. The van der Waals surface area contributed by atoms with E-state index in [1.165, 1.54) is 51.4 Å². The molecule has 4 aliphatic rings. The van der Waals surface area contributed by atoms with Crippen LogP contribution in [0.25, 0.3) is 0 Å². The first-order chi connectivity index (χ1) is 19.2. The molecule has 0 spiro atoms. The molecule has 8 nitrogen and oxygen atoms in total. The summed E-state index contributed by atoms with van der Waals surface area (Å²) in [5, 5.41) is 20.5. The quantitative estimate of drug-likeness (QED) is 0.160. The van der Waals surface area contributed by atoms with E-state index in [1.807, 2.05) is 0 Å². The normalized spacial score (nSPS) is 39.7. The number of aliphatic carboxylic acids is 2. The third-order valence-electron chi connectivity index (χ3n) is 12.4. The molecule has 7 unspecified atom stereocenters. The average molecular weight is 598 g/mol. The van der Waals surface area contributed by atoms with E-state index in [4.69, 9.17) is 9.63 Å². The van der Waals surface area contributed by atoms with Gasteiger partial charge in [-0.1, -0.05) is 53.9 Å². The van der Waals surface area contributed by atoms with Gasteiger partial charge in [0.05, 0.1) is 6.10 Å². The number of carboxylic acid groups (broad SMARTS) is 2. The van der Waals surface area contributed by atoms with E-state index in [2.05, 4.69) is 39.7 Å². The maximum Gasteiger partial charge on any atom is 0.403 e. The van der Waals surface area contributed by atoms with Gasteiger partial charge in [-0.05, 0) is 116 Å². The zero-order valence-corrected chi connectivity index (χ0v) is 26.9. The summed E-state index contributed by atoms with van der Waals surface area (Å²) in [5.41, 5.74) is 0.668. The highest BCUT2D eigenvalue weighted by Gasteiger charge is 2.60. The zero-order valence-electron chi connectivity index (χ0n) is 26.0. The van der Waals surface area contributed by atoms with Gasteiger partial charge in [-0.3, -0.25) is 14.1 Å². The standard InChI is InChI=1S/C32H56NO7P/c1-20(2)7-6-8-21(3)25-11-12-26-24-10-9-22-19-23(15-17-31(22,4)27(24)16-18-32(25,26)5)40-41(38,39)33-28(30(36)37)13-14-29(34)35/h20-28H,6-19H2,1-5H3,(H,34,35)(H,36,37)(H2,33,38,39)/t21?,22?,23-,24?,25?,26?,27?,28-,31-,32+/m0/s1. The van der Waals surface area contributed by atoms with Crippen LogP contribution in [0.5, 0.6) is 0 Å². The van der Waals surface area contributed by atoms with Gasteiger partial charge in [-0.2, -0.15) is 0 Å². The van der Waals surface area contributed by atoms with Crippen molar-refractivity contribution in [3.8, 4) is 0 Å². The minimum Gasteiger partial charge on any atom is -0.481 e. The molecule has 4 rings (SSSR count). The van der Waals surface area contributed by atoms with Gasteiger partial charge < -0.3 is 15.1 Å². The van der Waals surface area contributed by atoms with Gasteiger partial charge in [0.15, 0.2) is 0 Å². The summed E-state index contributed by atoms with van der Waals surface area (Å²) >= 11 is 0. The van der Waals surface area contributed by atoms with Crippen molar-refractivity contribution in [3.63, 3.8) is 0 Å². The predicted octanol–water partition coefficient (Wildman–Crippen LogP) is 7.50. The first kappa shape index (κ1) is 33.0. The summed E-state index contributed by atoms with van der Waals surface area (Å²) in [6.07, 6.45) is 13.0. The van der Waals surface area contributed by atoms with Crippen molar-refractivity contribution in [2.75, 3.05) is 0 Å². The highest BCUT2D eigenvalue weighted by atomic mass is 31.2. The fourth-order valence-corrected chi connectivity index (χ4v) is 11.6. The fourth-order valence-electron chi connectivity index (χ4n) is 10.3. The third kappa shape index (κ3) is 7.24. The number of hydrogen-bond donors (Lipinski definition) is 4. The molecule has 9 heteroatoms. The average Bonchev–Trinajstić information content (AvgIpc) is 3.23. The topological polar surface area (TPSA) is 133 Å². The molecule has 41 heavy (non-hydrogen) atoms. The Morgan fingerprint density at radius 3 is 2.27 bits per heavy atom. The summed E-state index contributed by atoms with van der Waals surface area (Å²) in [5.74, 6) is 2.63. The highest BCUT2D eigenvalue weighted by Crippen LogP contribution is 2.68.